The maximum absolute atomic E-state index is 8.70. The van der Waals surface area contributed by atoms with Gasteiger partial charge in [-0.05, 0) is 24.3 Å². The summed E-state index contributed by atoms with van der Waals surface area (Å²) in [4.78, 5) is 1.64. The second-order valence-electron chi connectivity index (χ2n) is 3.24. The molecule has 5 heteroatoms. The zero-order chi connectivity index (χ0) is 12.3. The van der Waals surface area contributed by atoms with Gasteiger partial charge in [-0.1, -0.05) is 23.2 Å². The highest BCUT2D eigenvalue weighted by Gasteiger charge is 2.04. The summed E-state index contributed by atoms with van der Waals surface area (Å²) in [5.41, 5.74) is 0. The summed E-state index contributed by atoms with van der Waals surface area (Å²) >= 11 is 13.2. The van der Waals surface area contributed by atoms with Crippen LogP contribution in [0.5, 0.6) is 5.75 Å². The summed E-state index contributed by atoms with van der Waals surface area (Å²) in [7, 11) is 0. The molecule has 1 aromatic heterocycles. The Hall–Kier alpha value is -1.21. The average Bonchev–Trinajstić information content (AvgIpc) is 2.78. The molecule has 0 atom stereocenters. The molecule has 1 aromatic carbocycles. The van der Waals surface area contributed by atoms with Crippen LogP contribution < -0.4 is 4.74 Å². The van der Waals surface area contributed by atoms with Gasteiger partial charge in [0.25, 0.3) is 0 Å². The molecule has 0 N–H and O–H groups in total. The zero-order valence-electron chi connectivity index (χ0n) is 8.61. The van der Waals surface area contributed by atoms with Crippen LogP contribution in [0.3, 0.4) is 0 Å². The first kappa shape index (κ1) is 12.3. The fourth-order valence-electron chi connectivity index (χ4n) is 1.25. The van der Waals surface area contributed by atoms with E-state index in [1.165, 1.54) is 11.3 Å². The normalized spacial score (nSPS) is 9.94. The summed E-state index contributed by atoms with van der Waals surface area (Å²) in [6.07, 6.45) is 0. The van der Waals surface area contributed by atoms with Crippen molar-refractivity contribution in [3.8, 4) is 11.8 Å². The number of ether oxygens (including phenoxy) is 1. The number of hydrogen-bond acceptors (Lipinski definition) is 3. The second-order valence-corrected chi connectivity index (χ2v) is 5.25. The molecule has 0 saturated heterocycles. The van der Waals surface area contributed by atoms with E-state index in [4.69, 9.17) is 33.2 Å². The topological polar surface area (TPSA) is 33.0 Å². The molecule has 0 bridgehead atoms. The van der Waals surface area contributed by atoms with Gasteiger partial charge in [0.05, 0.1) is 5.02 Å². The Kier molecular flexibility index (Phi) is 3.90. The van der Waals surface area contributed by atoms with E-state index in [0.29, 0.717) is 27.3 Å². The number of thiophene rings is 1. The molecule has 0 aliphatic carbocycles. The van der Waals surface area contributed by atoms with E-state index >= 15 is 0 Å². The molecule has 0 unspecified atom stereocenters. The van der Waals surface area contributed by atoms with Crippen molar-refractivity contribution < 1.29 is 4.74 Å². The molecule has 2 nitrogen and oxygen atoms in total. The molecule has 0 spiro atoms. The molecule has 0 saturated carbocycles. The van der Waals surface area contributed by atoms with Crippen molar-refractivity contribution in [3.05, 3.63) is 50.1 Å². The lowest BCUT2D eigenvalue weighted by Crippen LogP contribution is -1.93. The minimum Gasteiger partial charge on any atom is -0.486 e. The van der Waals surface area contributed by atoms with E-state index in [2.05, 4.69) is 6.07 Å². The molecule has 0 fully saturated rings. The van der Waals surface area contributed by atoms with Crippen LogP contribution in [0, 0.1) is 11.3 Å². The Balaban J connectivity index is 2.07. The van der Waals surface area contributed by atoms with Gasteiger partial charge in [-0.3, -0.25) is 0 Å². The molecule has 1 heterocycles. The minimum absolute atomic E-state index is 0.381. The number of nitriles is 1. The third kappa shape index (κ3) is 3.13. The van der Waals surface area contributed by atoms with Crippen molar-refractivity contribution in [1.82, 2.24) is 0 Å². The van der Waals surface area contributed by atoms with Crippen LogP contribution in [-0.4, -0.2) is 0 Å². The Bertz CT molecular complexity index is 574. The Labute approximate surface area is 113 Å². The third-order valence-electron chi connectivity index (χ3n) is 2.04. The predicted octanol–water partition coefficient (Wildman–Crippen LogP) is 4.51. The lowest BCUT2D eigenvalue weighted by atomic mass is 10.3. The maximum atomic E-state index is 8.70. The van der Waals surface area contributed by atoms with Gasteiger partial charge < -0.3 is 4.74 Å². The van der Waals surface area contributed by atoms with Gasteiger partial charge in [0.1, 0.15) is 23.3 Å². The lowest BCUT2D eigenvalue weighted by Gasteiger charge is -2.06. The maximum Gasteiger partial charge on any atom is 0.139 e. The van der Waals surface area contributed by atoms with Gasteiger partial charge in [-0.25, -0.2) is 0 Å². The number of hydrogen-bond donors (Lipinski definition) is 0. The summed E-state index contributed by atoms with van der Waals surface area (Å²) in [5.74, 6) is 0.547. The standard InChI is InChI=1S/C12H7Cl2NOS/c13-8-1-4-11(14)12(5-8)16-7-10-3-2-9(6-15)17-10/h1-5H,7H2. The van der Waals surface area contributed by atoms with E-state index in [-0.39, 0.29) is 0 Å². The fourth-order valence-corrected chi connectivity index (χ4v) is 2.30. The average molecular weight is 284 g/mol. The molecular weight excluding hydrogens is 277 g/mol. The number of rotatable bonds is 3. The SMILES string of the molecule is N#Cc1ccc(COc2cc(Cl)ccc2Cl)s1. The fraction of sp³-hybridized carbons (Fsp3) is 0.0833. The largest absolute Gasteiger partial charge is 0.486 e. The van der Waals surface area contributed by atoms with Crippen molar-refractivity contribution in [1.29, 1.82) is 5.26 Å². The van der Waals surface area contributed by atoms with Crippen LogP contribution in [0.15, 0.2) is 30.3 Å². The summed E-state index contributed by atoms with van der Waals surface area (Å²) in [6, 6.07) is 10.8. The van der Waals surface area contributed by atoms with E-state index < -0.39 is 0 Å². The van der Waals surface area contributed by atoms with Crippen molar-refractivity contribution in [3.63, 3.8) is 0 Å². The molecule has 2 aromatic rings. The number of benzene rings is 1. The van der Waals surface area contributed by atoms with Crippen LogP contribution in [0.2, 0.25) is 10.0 Å². The van der Waals surface area contributed by atoms with E-state index in [1.54, 1.807) is 24.3 Å². The van der Waals surface area contributed by atoms with Gasteiger partial charge in [0.2, 0.25) is 0 Å². The van der Waals surface area contributed by atoms with E-state index in [0.717, 1.165) is 4.88 Å². The summed E-state index contributed by atoms with van der Waals surface area (Å²) in [5, 5.41) is 9.79. The number of nitrogens with zero attached hydrogens (tertiary/aromatic N) is 1. The molecule has 0 amide bonds. The van der Waals surface area contributed by atoms with E-state index in [1.807, 2.05) is 6.07 Å². The van der Waals surface area contributed by atoms with Crippen LogP contribution in [0.25, 0.3) is 0 Å². The molecular formula is C12H7Cl2NOS. The Morgan fingerprint density at radius 1 is 1.24 bits per heavy atom. The van der Waals surface area contributed by atoms with Gasteiger partial charge in [0, 0.05) is 16.0 Å². The van der Waals surface area contributed by atoms with Gasteiger partial charge in [0.15, 0.2) is 0 Å². The van der Waals surface area contributed by atoms with Crippen molar-refractivity contribution in [2.75, 3.05) is 0 Å². The summed E-state index contributed by atoms with van der Waals surface area (Å²) < 4.78 is 5.55. The Morgan fingerprint density at radius 2 is 2.06 bits per heavy atom. The molecule has 0 aliphatic rings. The first-order valence-electron chi connectivity index (χ1n) is 4.75. The molecule has 86 valence electrons. The highest BCUT2D eigenvalue weighted by molar-refractivity contribution is 7.12. The Morgan fingerprint density at radius 3 is 2.76 bits per heavy atom. The van der Waals surface area contributed by atoms with E-state index in [9.17, 15) is 0 Å². The molecule has 0 radical (unpaired) electrons. The second kappa shape index (κ2) is 5.42. The van der Waals surface area contributed by atoms with Crippen molar-refractivity contribution in [2.45, 2.75) is 6.61 Å². The smallest absolute Gasteiger partial charge is 0.139 e. The van der Waals surface area contributed by atoms with Crippen LogP contribution in [0.4, 0.5) is 0 Å². The monoisotopic (exact) mass is 283 g/mol. The quantitative estimate of drug-likeness (QED) is 0.831. The van der Waals surface area contributed by atoms with Gasteiger partial charge in [-0.15, -0.1) is 11.3 Å². The van der Waals surface area contributed by atoms with Crippen molar-refractivity contribution >= 4 is 34.5 Å². The molecule has 2 rings (SSSR count). The summed E-state index contributed by atoms with van der Waals surface area (Å²) in [6.45, 7) is 0.381. The zero-order valence-corrected chi connectivity index (χ0v) is 10.9. The van der Waals surface area contributed by atoms with Gasteiger partial charge in [-0.2, -0.15) is 5.26 Å². The van der Waals surface area contributed by atoms with Gasteiger partial charge >= 0.3 is 0 Å². The molecule has 17 heavy (non-hydrogen) atoms. The lowest BCUT2D eigenvalue weighted by molar-refractivity contribution is 0.310. The number of halogens is 2. The highest BCUT2D eigenvalue weighted by atomic mass is 35.5. The third-order valence-corrected chi connectivity index (χ3v) is 3.55. The minimum atomic E-state index is 0.381. The van der Waals surface area contributed by atoms with Crippen LogP contribution >= 0.6 is 34.5 Å². The van der Waals surface area contributed by atoms with Crippen LogP contribution in [0.1, 0.15) is 9.75 Å². The first-order chi connectivity index (χ1) is 8.19. The van der Waals surface area contributed by atoms with Crippen molar-refractivity contribution in [2.24, 2.45) is 0 Å². The first-order valence-corrected chi connectivity index (χ1v) is 6.33. The predicted molar refractivity (Wildman–Crippen MR) is 69.8 cm³/mol. The van der Waals surface area contributed by atoms with Crippen LogP contribution in [-0.2, 0) is 6.61 Å². The highest BCUT2D eigenvalue weighted by Crippen LogP contribution is 2.29. The molecule has 0 aliphatic heterocycles.